The zero-order chi connectivity index (χ0) is 57.2. The highest BCUT2D eigenvalue weighted by molar-refractivity contribution is 7.99. The number of esters is 1. The predicted octanol–water partition coefficient (Wildman–Crippen LogP) is 8.00. The van der Waals surface area contributed by atoms with Crippen LogP contribution in [-0.4, -0.2) is 178 Å². The van der Waals surface area contributed by atoms with Gasteiger partial charge in [-0.15, -0.1) is 11.3 Å². The fraction of sp³-hybridized carbons (Fsp3) is 0.661. The number of likely N-dealkylation sites (N-methyl/N-ethyl adjacent to an activating group) is 1. The van der Waals surface area contributed by atoms with E-state index >= 15 is 0 Å². The summed E-state index contributed by atoms with van der Waals surface area (Å²) in [7, 11) is 5.26. The van der Waals surface area contributed by atoms with E-state index in [0.29, 0.717) is 37.5 Å². The maximum absolute atomic E-state index is 14.7. The van der Waals surface area contributed by atoms with E-state index in [1.54, 1.807) is 57.7 Å². The van der Waals surface area contributed by atoms with Crippen molar-refractivity contribution >= 4 is 52.7 Å². The molecule has 2 aromatic carbocycles. The first-order chi connectivity index (χ1) is 36.7. The fourth-order valence-corrected chi connectivity index (χ4v) is 14.7. The van der Waals surface area contributed by atoms with Crippen molar-refractivity contribution in [1.82, 2.24) is 15.1 Å². The second kappa shape index (κ2) is 26.1. The minimum absolute atomic E-state index is 0.0937. The number of carbonyl (C=O) groups excluding carboxylic acids is 2. The number of carbonyl (C=O) groups is 2. The number of benzene rings is 2. The average molecular weight is 1140 g/mol. The van der Waals surface area contributed by atoms with Gasteiger partial charge in [-0.3, -0.25) is 14.5 Å². The van der Waals surface area contributed by atoms with Gasteiger partial charge in [0.2, 0.25) is 5.91 Å². The summed E-state index contributed by atoms with van der Waals surface area (Å²) in [6, 6.07) is 15.3. The van der Waals surface area contributed by atoms with E-state index in [2.05, 4.69) is 23.5 Å². The number of ether oxygens (including phenoxy) is 6. The van der Waals surface area contributed by atoms with Gasteiger partial charge < -0.3 is 64.2 Å². The van der Waals surface area contributed by atoms with Crippen LogP contribution in [0.3, 0.4) is 0 Å². The molecule has 6 N–H and O–H groups in total. The lowest BCUT2D eigenvalue weighted by Gasteiger charge is -2.48. The smallest absolute Gasteiger partial charge is 0.311 e. The molecule has 0 saturated carbocycles. The van der Waals surface area contributed by atoms with Gasteiger partial charge in [-0.2, -0.15) is 0 Å². The molecule has 0 spiro atoms. The lowest BCUT2D eigenvalue weighted by molar-refractivity contribution is -0.318. The molecule has 434 valence electrons. The van der Waals surface area contributed by atoms with Gasteiger partial charge in [0.1, 0.15) is 30.0 Å². The summed E-state index contributed by atoms with van der Waals surface area (Å²) in [6.07, 6.45) is -5.34. The lowest BCUT2D eigenvalue weighted by atomic mass is 9.77. The normalized spacial score (nSPS) is 37.4. The maximum atomic E-state index is 14.7. The van der Waals surface area contributed by atoms with Crippen LogP contribution >= 0.6 is 34.7 Å². The highest BCUT2D eigenvalue weighted by Crippen LogP contribution is 2.52. The number of aliphatic hydroxyl groups excluding tert-OH is 3. The molecule has 7 rings (SSSR count). The number of hydrogen-bond donors (Lipinski definition) is 6. The number of nitrogens with zero attached hydrogens (tertiary/aromatic N) is 2. The molecular formula is C59H86ClN3O13S2. The Kier molecular flexibility index (Phi) is 20.9. The van der Waals surface area contributed by atoms with Gasteiger partial charge in [0.05, 0.1) is 41.5 Å². The molecule has 16 nitrogen and oxygen atoms in total. The second-order valence-electron chi connectivity index (χ2n) is 23.3. The van der Waals surface area contributed by atoms with Crippen molar-refractivity contribution < 1.29 is 63.5 Å². The van der Waals surface area contributed by atoms with Gasteiger partial charge in [-0.05, 0) is 130 Å². The SMILES string of the molecule is CC[C@H]1OC(=O)[C@H](C)[C@@H](O[C@H]2C[C@@](C)(OC)[C@@H](O)[C@H](C)O2)[C@H](C)[C@@H](O[C@@H]2O[C@H](C)C[C@H](N(C)C)[C@H]2O)[C@](C)(O)C[C@@H](C)CN(CCCNC(=O)C=Cc2cc3c(s2)-c2ccc(Cl)cc2Sc2ccccc2-3)[C@H](C)[C@@H](O)[C@]1(C)O. The Bertz CT molecular complexity index is 2550. The summed E-state index contributed by atoms with van der Waals surface area (Å²) in [5.41, 5.74) is -1.38. The van der Waals surface area contributed by atoms with E-state index in [-0.39, 0.29) is 43.2 Å². The number of hydrogen-bond acceptors (Lipinski definition) is 17. The minimum atomic E-state index is -1.94. The summed E-state index contributed by atoms with van der Waals surface area (Å²) in [6.45, 7) is 18.6. The molecule has 4 aliphatic rings. The van der Waals surface area contributed by atoms with E-state index in [1.165, 1.54) is 20.1 Å². The van der Waals surface area contributed by atoms with Crippen molar-refractivity contribution in [2.24, 2.45) is 17.8 Å². The third-order valence-corrected chi connectivity index (χ3v) is 19.2. The molecule has 0 radical (unpaired) electrons. The van der Waals surface area contributed by atoms with E-state index in [0.717, 1.165) is 36.2 Å². The molecule has 4 aliphatic heterocycles. The molecule has 78 heavy (non-hydrogen) atoms. The Balaban J connectivity index is 1.14. The Hall–Kier alpha value is -3.02. The third-order valence-electron chi connectivity index (χ3n) is 16.7. The average Bonchev–Trinajstić information content (AvgIpc) is 3.84. The van der Waals surface area contributed by atoms with Crippen LogP contribution in [0.25, 0.3) is 27.6 Å². The first-order valence-corrected chi connectivity index (χ1v) is 29.6. The topological polar surface area (TPSA) is 209 Å². The number of amides is 1. The quantitative estimate of drug-likeness (QED) is 0.0426. The summed E-state index contributed by atoms with van der Waals surface area (Å²) in [5, 5.41) is 64.2. The number of thiophene rings is 1. The standard InChI is InChI=1S/C59H86ClN3O13S2/c1-14-46-59(10,70)52(66)36(6)63(25-17-24-61-47(64)23-21-39-28-42-40-18-15-16-19-44(40)78-45-27-38(60)20-22-41(45)51(42)77-39)31-32(2)29-57(8,69)54(76-56-49(65)43(62(11)12)26-33(3)72-56)34(4)50(35(5)55(68)74-46)75-48-30-58(9,71-13)53(67)37(7)73-48/h15-16,18-23,27-28,32-37,43,46,48-50,52-54,56,65-67,69-70H,14,17,24-26,29-31H2,1-13H3,(H,61,64)/t32-,33-,34+,35-,36-,37+,43+,46-,48+,49-,50+,52-,53+,54-,56+,57-,58-,59-/m1/s1. The van der Waals surface area contributed by atoms with Crippen LogP contribution in [0.2, 0.25) is 5.02 Å². The summed E-state index contributed by atoms with van der Waals surface area (Å²) < 4.78 is 38.3. The van der Waals surface area contributed by atoms with Crippen LogP contribution in [0.5, 0.6) is 0 Å². The van der Waals surface area contributed by atoms with Crippen molar-refractivity contribution in [2.75, 3.05) is 40.8 Å². The molecule has 5 heterocycles. The molecule has 3 aromatic rings. The summed E-state index contributed by atoms with van der Waals surface area (Å²) >= 11 is 9.74. The zero-order valence-electron chi connectivity index (χ0n) is 47.7. The van der Waals surface area contributed by atoms with Crippen molar-refractivity contribution in [2.45, 2.75) is 201 Å². The molecule has 0 unspecified atom stereocenters. The van der Waals surface area contributed by atoms with Gasteiger partial charge in [0.25, 0.3) is 0 Å². The number of nitrogens with one attached hydrogen (secondary N) is 1. The summed E-state index contributed by atoms with van der Waals surface area (Å²) in [5.74, 6) is -3.19. The third kappa shape index (κ3) is 14.1. The first-order valence-electron chi connectivity index (χ1n) is 27.6. The Morgan fingerprint density at radius 3 is 2.35 bits per heavy atom. The molecule has 1 amide bonds. The molecular weight excluding hydrogens is 1060 g/mol. The second-order valence-corrected chi connectivity index (χ2v) is 25.9. The molecule has 0 bridgehead atoms. The molecule has 0 aliphatic carbocycles. The predicted molar refractivity (Wildman–Crippen MR) is 304 cm³/mol. The van der Waals surface area contributed by atoms with Crippen molar-refractivity contribution in [3.8, 4) is 21.6 Å². The first kappa shape index (κ1) is 62.6. The van der Waals surface area contributed by atoms with Crippen LogP contribution in [0.1, 0.15) is 106 Å². The number of aliphatic hydroxyl groups is 5. The highest BCUT2D eigenvalue weighted by atomic mass is 35.5. The van der Waals surface area contributed by atoms with Gasteiger partial charge in [-0.25, -0.2) is 0 Å². The fourth-order valence-electron chi connectivity index (χ4n) is 12.2. The molecule has 1 aromatic heterocycles. The van der Waals surface area contributed by atoms with Crippen molar-refractivity contribution in [3.63, 3.8) is 0 Å². The number of fused-ring (bicyclic) bond motifs is 5. The van der Waals surface area contributed by atoms with E-state index in [9.17, 15) is 35.1 Å². The van der Waals surface area contributed by atoms with Gasteiger partial charge in [-0.1, -0.05) is 68.4 Å². The van der Waals surface area contributed by atoms with E-state index in [1.807, 2.05) is 88.0 Å². The number of cyclic esters (lactones) is 1. The van der Waals surface area contributed by atoms with E-state index in [4.69, 9.17) is 40.0 Å². The van der Waals surface area contributed by atoms with E-state index < -0.39 is 96.0 Å². The molecule has 19 heteroatoms. The van der Waals surface area contributed by atoms with Crippen LogP contribution < -0.4 is 5.32 Å². The lowest BCUT2D eigenvalue weighted by Crippen LogP contribution is -2.60. The Labute approximate surface area is 475 Å². The van der Waals surface area contributed by atoms with Crippen LogP contribution in [0, 0.1) is 17.8 Å². The maximum Gasteiger partial charge on any atom is 0.311 e. The summed E-state index contributed by atoms with van der Waals surface area (Å²) in [4.78, 5) is 36.3. The zero-order valence-corrected chi connectivity index (χ0v) is 50.1. The molecule has 3 fully saturated rings. The number of rotatable bonds is 13. The largest absolute Gasteiger partial charge is 0.459 e. The Morgan fingerprint density at radius 2 is 1.65 bits per heavy atom. The van der Waals surface area contributed by atoms with Gasteiger partial charge >= 0.3 is 5.97 Å². The molecule has 3 saturated heterocycles. The monoisotopic (exact) mass is 1140 g/mol. The number of halogens is 1. The highest BCUT2D eigenvalue weighted by Gasteiger charge is 2.53. The van der Waals surface area contributed by atoms with Crippen molar-refractivity contribution in [1.29, 1.82) is 0 Å². The van der Waals surface area contributed by atoms with Crippen LogP contribution in [-0.2, 0) is 38.0 Å². The van der Waals surface area contributed by atoms with Crippen molar-refractivity contribution in [3.05, 3.63) is 64.5 Å². The number of methoxy groups -OCH3 is 1. The van der Waals surface area contributed by atoms with Crippen LogP contribution in [0.4, 0.5) is 0 Å². The van der Waals surface area contributed by atoms with Crippen LogP contribution in [0.15, 0.2) is 64.4 Å². The van der Waals surface area contributed by atoms with Gasteiger partial charge in [0.15, 0.2) is 12.6 Å². The van der Waals surface area contributed by atoms with Gasteiger partial charge in [0, 0.05) is 92.9 Å². The molecule has 18 atom stereocenters. The minimum Gasteiger partial charge on any atom is -0.459 e. The Morgan fingerprint density at radius 1 is 0.936 bits per heavy atom.